The van der Waals surface area contributed by atoms with Crippen LogP contribution in [0.15, 0.2) is 35.7 Å². The molecular formula is C17H24N2S. The van der Waals surface area contributed by atoms with E-state index < -0.39 is 0 Å². The largest absolute Gasteiger partial charge is 0.308 e. The Balaban J connectivity index is 2.12. The number of hydrogen-bond donors (Lipinski definition) is 1. The molecule has 0 radical (unpaired) electrons. The molecule has 0 spiro atoms. The molecule has 0 saturated heterocycles. The van der Waals surface area contributed by atoms with Crippen LogP contribution < -0.4 is 5.32 Å². The van der Waals surface area contributed by atoms with E-state index in [9.17, 15) is 0 Å². The van der Waals surface area contributed by atoms with Gasteiger partial charge in [-0.1, -0.05) is 57.5 Å². The Morgan fingerprint density at radius 2 is 1.95 bits per heavy atom. The van der Waals surface area contributed by atoms with E-state index in [2.05, 4.69) is 55.7 Å². The second kappa shape index (κ2) is 7.55. The first-order chi connectivity index (χ1) is 9.72. The molecule has 108 valence electrons. The van der Waals surface area contributed by atoms with E-state index in [1.165, 1.54) is 24.1 Å². The molecule has 20 heavy (non-hydrogen) atoms. The minimum atomic E-state index is 0.357. The lowest BCUT2D eigenvalue weighted by molar-refractivity contribution is 0.402. The van der Waals surface area contributed by atoms with Crippen molar-refractivity contribution in [3.05, 3.63) is 41.4 Å². The minimum absolute atomic E-state index is 0.357. The Bertz CT molecular complexity index is 505. The Hall–Kier alpha value is -1.19. The number of benzene rings is 1. The smallest absolute Gasteiger partial charge is 0.123 e. The lowest BCUT2D eigenvalue weighted by atomic mass is 10.0. The number of nitrogens with one attached hydrogen (secondary N) is 1. The molecule has 0 aliphatic rings. The van der Waals surface area contributed by atoms with E-state index in [1.807, 2.05) is 6.07 Å². The zero-order valence-corrected chi connectivity index (χ0v) is 13.4. The Labute approximate surface area is 126 Å². The van der Waals surface area contributed by atoms with E-state index in [0.29, 0.717) is 12.0 Å². The molecule has 0 amide bonds. The lowest BCUT2D eigenvalue weighted by Crippen LogP contribution is -2.26. The molecule has 0 saturated carbocycles. The van der Waals surface area contributed by atoms with Gasteiger partial charge in [0.15, 0.2) is 0 Å². The van der Waals surface area contributed by atoms with Crippen molar-refractivity contribution in [2.24, 2.45) is 5.92 Å². The van der Waals surface area contributed by atoms with Crippen LogP contribution in [0.1, 0.15) is 45.3 Å². The second-order valence-corrected chi connectivity index (χ2v) is 6.33. The summed E-state index contributed by atoms with van der Waals surface area (Å²) in [5.41, 5.74) is 2.39. The van der Waals surface area contributed by atoms with Gasteiger partial charge in [0.25, 0.3) is 0 Å². The summed E-state index contributed by atoms with van der Waals surface area (Å²) in [6.45, 7) is 7.80. The predicted octanol–water partition coefficient (Wildman–Crippen LogP) is 4.90. The average molecular weight is 288 g/mol. The fourth-order valence-electron chi connectivity index (χ4n) is 2.26. The van der Waals surface area contributed by atoms with Gasteiger partial charge in [0.2, 0.25) is 0 Å². The predicted molar refractivity (Wildman–Crippen MR) is 88.0 cm³/mol. The molecule has 1 heterocycles. The van der Waals surface area contributed by atoms with Crippen molar-refractivity contribution in [1.82, 2.24) is 10.3 Å². The zero-order valence-electron chi connectivity index (χ0n) is 12.6. The van der Waals surface area contributed by atoms with Crippen LogP contribution >= 0.6 is 11.3 Å². The molecule has 0 bridgehead atoms. The summed E-state index contributed by atoms with van der Waals surface area (Å²) in [5, 5.41) is 6.96. The second-order valence-electron chi connectivity index (χ2n) is 5.47. The SMILES string of the molecule is CCCCNC(c1csc(-c2ccccc2)n1)C(C)C. The molecule has 1 aromatic carbocycles. The molecular weight excluding hydrogens is 264 g/mol. The highest BCUT2D eigenvalue weighted by atomic mass is 32.1. The molecule has 0 fully saturated rings. The van der Waals surface area contributed by atoms with Gasteiger partial charge in [-0.05, 0) is 18.9 Å². The number of hydrogen-bond acceptors (Lipinski definition) is 3. The van der Waals surface area contributed by atoms with Crippen molar-refractivity contribution in [2.45, 2.75) is 39.7 Å². The number of unbranched alkanes of at least 4 members (excludes halogenated alkanes) is 1. The highest BCUT2D eigenvalue weighted by Crippen LogP contribution is 2.28. The summed E-state index contributed by atoms with van der Waals surface area (Å²) in [6.07, 6.45) is 2.45. The Morgan fingerprint density at radius 3 is 2.60 bits per heavy atom. The third-order valence-corrected chi connectivity index (χ3v) is 4.33. The average Bonchev–Trinajstić information content (AvgIpc) is 2.93. The van der Waals surface area contributed by atoms with Gasteiger partial charge in [0, 0.05) is 10.9 Å². The summed E-state index contributed by atoms with van der Waals surface area (Å²) < 4.78 is 0. The van der Waals surface area contributed by atoms with Crippen LogP contribution in [0.3, 0.4) is 0 Å². The molecule has 1 unspecified atom stereocenters. The first kappa shape index (κ1) is 15.2. The number of nitrogens with zero attached hydrogens (tertiary/aromatic N) is 1. The van der Waals surface area contributed by atoms with E-state index in [1.54, 1.807) is 11.3 Å². The van der Waals surface area contributed by atoms with Gasteiger partial charge in [-0.2, -0.15) is 0 Å². The van der Waals surface area contributed by atoms with Gasteiger partial charge in [-0.25, -0.2) is 4.98 Å². The van der Waals surface area contributed by atoms with Crippen molar-refractivity contribution in [3.63, 3.8) is 0 Å². The van der Waals surface area contributed by atoms with Crippen molar-refractivity contribution in [2.75, 3.05) is 6.54 Å². The molecule has 0 aliphatic carbocycles. The fourth-order valence-corrected chi connectivity index (χ4v) is 3.12. The van der Waals surface area contributed by atoms with Gasteiger partial charge in [0.1, 0.15) is 5.01 Å². The topological polar surface area (TPSA) is 24.9 Å². The minimum Gasteiger partial charge on any atom is -0.308 e. The van der Waals surface area contributed by atoms with Crippen molar-refractivity contribution >= 4 is 11.3 Å². The molecule has 1 N–H and O–H groups in total. The number of rotatable bonds is 7. The lowest BCUT2D eigenvalue weighted by Gasteiger charge is -2.20. The number of aromatic nitrogens is 1. The number of thiazole rings is 1. The van der Waals surface area contributed by atoms with Crippen LogP contribution in [0, 0.1) is 5.92 Å². The van der Waals surface area contributed by atoms with Crippen molar-refractivity contribution in [3.8, 4) is 10.6 Å². The van der Waals surface area contributed by atoms with Crippen molar-refractivity contribution in [1.29, 1.82) is 0 Å². The van der Waals surface area contributed by atoms with Crippen LogP contribution in [-0.2, 0) is 0 Å². The molecule has 2 aromatic rings. The Kier molecular flexibility index (Phi) is 5.74. The van der Waals surface area contributed by atoms with Gasteiger partial charge in [-0.3, -0.25) is 0 Å². The molecule has 3 heteroatoms. The summed E-state index contributed by atoms with van der Waals surface area (Å²) in [4.78, 5) is 4.84. The monoisotopic (exact) mass is 288 g/mol. The first-order valence-electron chi connectivity index (χ1n) is 7.46. The maximum atomic E-state index is 4.84. The highest BCUT2D eigenvalue weighted by Gasteiger charge is 2.18. The maximum Gasteiger partial charge on any atom is 0.123 e. The van der Waals surface area contributed by atoms with Gasteiger partial charge < -0.3 is 5.32 Å². The van der Waals surface area contributed by atoms with Crippen LogP contribution in [-0.4, -0.2) is 11.5 Å². The normalized spacial score (nSPS) is 12.8. The van der Waals surface area contributed by atoms with Gasteiger partial charge in [-0.15, -0.1) is 11.3 Å². The van der Waals surface area contributed by atoms with Gasteiger partial charge >= 0.3 is 0 Å². The molecule has 0 aliphatic heterocycles. The summed E-state index contributed by atoms with van der Waals surface area (Å²) in [6, 6.07) is 10.8. The zero-order chi connectivity index (χ0) is 14.4. The van der Waals surface area contributed by atoms with E-state index in [0.717, 1.165) is 11.6 Å². The van der Waals surface area contributed by atoms with E-state index >= 15 is 0 Å². The van der Waals surface area contributed by atoms with Crippen molar-refractivity contribution < 1.29 is 0 Å². The van der Waals surface area contributed by atoms with E-state index in [-0.39, 0.29) is 0 Å². The molecule has 2 nitrogen and oxygen atoms in total. The summed E-state index contributed by atoms with van der Waals surface area (Å²) in [7, 11) is 0. The first-order valence-corrected chi connectivity index (χ1v) is 8.34. The third kappa shape index (κ3) is 3.90. The molecule has 1 aromatic heterocycles. The summed E-state index contributed by atoms with van der Waals surface area (Å²) >= 11 is 1.74. The maximum absolute atomic E-state index is 4.84. The molecule has 1 atom stereocenters. The third-order valence-electron chi connectivity index (χ3n) is 3.42. The van der Waals surface area contributed by atoms with Crippen LogP contribution in [0.25, 0.3) is 10.6 Å². The van der Waals surface area contributed by atoms with Gasteiger partial charge in [0.05, 0.1) is 11.7 Å². The molecule has 2 rings (SSSR count). The van der Waals surface area contributed by atoms with Crippen LogP contribution in [0.5, 0.6) is 0 Å². The standard InChI is InChI=1S/C17H24N2S/c1-4-5-11-18-16(13(2)3)15-12-20-17(19-15)14-9-7-6-8-10-14/h6-10,12-13,16,18H,4-5,11H2,1-3H3. The fraction of sp³-hybridized carbons (Fsp3) is 0.471. The van der Waals surface area contributed by atoms with Crippen LogP contribution in [0.4, 0.5) is 0 Å². The summed E-state index contributed by atoms with van der Waals surface area (Å²) in [5.74, 6) is 0.553. The Morgan fingerprint density at radius 1 is 1.20 bits per heavy atom. The quantitative estimate of drug-likeness (QED) is 0.733. The highest BCUT2D eigenvalue weighted by molar-refractivity contribution is 7.13. The van der Waals surface area contributed by atoms with E-state index in [4.69, 9.17) is 4.98 Å². The van der Waals surface area contributed by atoms with Crippen LogP contribution in [0.2, 0.25) is 0 Å².